The highest BCUT2D eigenvalue weighted by Crippen LogP contribution is 2.25. The smallest absolute Gasteiger partial charge is 0.350 e. The molecule has 0 heterocycles. The van der Waals surface area contributed by atoms with Gasteiger partial charge in [0.05, 0.1) is 6.61 Å². The van der Waals surface area contributed by atoms with Gasteiger partial charge in [-0.05, 0) is 43.7 Å². The fraction of sp³-hybridized carbons (Fsp3) is 0.278. The number of hydrogen-bond donors (Lipinski definition) is 1. The summed E-state index contributed by atoms with van der Waals surface area (Å²) in [6.07, 6.45) is 0.301. The van der Waals surface area contributed by atoms with Crippen molar-refractivity contribution in [2.45, 2.75) is 25.9 Å². The molecule has 0 fully saturated rings. The van der Waals surface area contributed by atoms with Crippen LogP contribution >= 0.6 is 0 Å². The summed E-state index contributed by atoms with van der Waals surface area (Å²) >= 11 is 0. The first-order chi connectivity index (χ1) is 10.5. The van der Waals surface area contributed by atoms with Crippen LogP contribution in [-0.2, 0) is 16.0 Å². The monoisotopic (exact) mass is 300 g/mol. The fourth-order valence-corrected chi connectivity index (χ4v) is 2.24. The molecule has 2 aromatic rings. The Morgan fingerprint density at radius 1 is 1.14 bits per heavy atom. The third-order valence-electron chi connectivity index (χ3n) is 3.25. The summed E-state index contributed by atoms with van der Waals surface area (Å²) in [5.41, 5.74) is -0.364. The number of aromatic hydroxyl groups is 1. The van der Waals surface area contributed by atoms with Gasteiger partial charge in [0.2, 0.25) is 5.60 Å². The minimum Gasteiger partial charge on any atom is -0.508 e. The molecule has 4 heteroatoms. The Bertz CT molecular complexity index is 624. The zero-order valence-electron chi connectivity index (χ0n) is 12.8. The lowest BCUT2D eigenvalue weighted by molar-refractivity contribution is -0.160. The molecular weight excluding hydrogens is 280 g/mol. The first-order valence-electron chi connectivity index (χ1n) is 7.23. The number of carbonyl (C=O) groups is 1. The molecule has 0 saturated heterocycles. The molecule has 0 aromatic heterocycles. The van der Waals surface area contributed by atoms with Crippen molar-refractivity contribution in [1.29, 1.82) is 0 Å². The van der Waals surface area contributed by atoms with Gasteiger partial charge in [0, 0.05) is 6.42 Å². The van der Waals surface area contributed by atoms with Crippen LogP contribution in [0.3, 0.4) is 0 Å². The summed E-state index contributed by atoms with van der Waals surface area (Å²) < 4.78 is 11.1. The van der Waals surface area contributed by atoms with Crippen molar-refractivity contribution in [3.8, 4) is 11.5 Å². The fourth-order valence-electron chi connectivity index (χ4n) is 2.24. The molecule has 0 aliphatic heterocycles. The first-order valence-corrected chi connectivity index (χ1v) is 7.23. The summed E-state index contributed by atoms with van der Waals surface area (Å²) in [7, 11) is 0. The highest BCUT2D eigenvalue weighted by Gasteiger charge is 2.37. The Hall–Kier alpha value is -2.49. The zero-order valence-corrected chi connectivity index (χ0v) is 12.8. The van der Waals surface area contributed by atoms with Crippen LogP contribution in [0.5, 0.6) is 11.5 Å². The quantitative estimate of drug-likeness (QED) is 0.831. The van der Waals surface area contributed by atoms with Crippen LogP contribution in [-0.4, -0.2) is 23.3 Å². The van der Waals surface area contributed by atoms with Gasteiger partial charge in [0.1, 0.15) is 11.5 Å². The van der Waals surface area contributed by atoms with E-state index in [0.29, 0.717) is 12.2 Å². The van der Waals surface area contributed by atoms with Crippen LogP contribution in [0, 0.1) is 0 Å². The molecule has 0 spiro atoms. The highest BCUT2D eigenvalue weighted by molar-refractivity contribution is 5.80. The van der Waals surface area contributed by atoms with Gasteiger partial charge in [0.15, 0.2) is 0 Å². The minimum atomic E-state index is -1.16. The maximum atomic E-state index is 12.3. The molecule has 116 valence electrons. The van der Waals surface area contributed by atoms with Gasteiger partial charge < -0.3 is 14.6 Å². The largest absolute Gasteiger partial charge is 0.508 e. The second-order valence-corrected chi connectivity index (χ2v) is 5.21. The summed E-state index contributed by atoms with van der Waals surface area (Å²) in [5.74, 6) is 0.323. The molecule has 2 rings (SSSR count). The van der Waals surface area contributed by atoms with Crippen LogP contribution in [0.2, 0.25) is 0 Å². The Kier molecular flexibility index (Phi) is 5.04. The molecule has 1 N–H and O–H groups in total. The van der Waals surface area contributed by atoms with E-state index in [-0.39, 0.29) is 12.4 Å². The average Bonchev–Trinajstić information content (AvgIpc) is 2.48. The number of ether oxygens (including phenoxy) is 2. The number of phenols is 1. The Morgan fingerprint density at radius 3 is 2.50 bits per heavy atom. The summed E-state index contributed by atoms with van der Waals surface area (Å²) in [5, 5.41) is 9.58. The number of esters is 1. The first kappa shape index (κ1) is 15.9. The molecule has 2 aromatic carbocycles. The van der Waals surface area contributed by atoms with E-state index in [1.54, 1.807) is 44.2 Å². The lowest BCUT2D eigenvalue weighted by atomic mass is 9.96. The number of rotatable bonds is 6. The third-order valence-corrected chi connectivity index (χ3v) is 3.25. The standard InChI is InChI=1S/C18H20O4/c1-3-21-17(20)18(2,22-16-10-5-4-6-11-16)13-14-8-7-9-15(19)12-14/h4-12,19H,3,13H2,1-2H3. The molecular formula is C18H20O4. The van der Waals surface area contributed by atoms with Gasteiger partial charge in [-0.15, -0.1) is 0 Å². The number of phenolic OH excluding ortho intramolecular Hbond substituents is 1. The summed E-state index contributed by atoms with van der Waals surface area (Å²) in [6, 6.07) is 15.9. The van der Waals surface area contributed by atoms with Crippen LogP contribution in [0.15, 0.2) is 54.6 Å². The van der Waals surface area contributed by atoms with E-state index in [4.69, 9.17) is 9.47 Å². The van der Waals surface area contributed by atoms with Gasteiger partial charge in [-0.25, -0.2) is 4.79 Å². The van der Waals surface area contributed by atoms with Gasteiger partial charge >= 0.3 is 5.97 Å². The zero-order chi connectivity index (χ0) is 16.0. The van der Waals surface area contributed by atoms with E-state index in [1.807, 2.05) is 24.3 Å². The molecule has 0 bridgehead atoms. The van der Waals surface area contributed by atoms with Crippen molar-refractivity contribution in [2.75, 3.05) is 6.61 Å². The predicted molar refractivity (Wildman–Crippen MR) is 83.9 cm³/mol. The lowest BCUT2D eigenvalue weighted by Crippen LogP contribution is -2.45. The summed E-state index contributed by atoms with van der Waals surface area (Å²) in [6.45, 7) is 3.74. The van der Waals surface area contributed by atoms with E-state index >= 15 is 0 Å². The maximum Gasteiger partial charge on any atom is 0.350 e. The van der Waals surface area contributed by atoms with Crippen LogP contribution in [0.1, 0.15) is 19.4 Å². The molecule has 4 nitrogen and oxygen atoms in total. The van der Waals surface area contributed by atoms with E-state index in [0.717, 1.165) is 5.56 Å². The number of carbonyl (C=O) groups excluding carboxylic acids is 1. The maximum absolute atomic E-state index is 12.3. The second-order valence-electron chi connectivity index (χ2n) is 5.21. The molecule has 0 radical (unpaired) electrons. The van der Waals surface area contributed by atoms with Gasteiger partial charge in [-0.1, -0.05) is 30.3 Å². The predicted octanol–water partition coefficient (Wildman–Crippen LogP) is 3.34. The molecule has 0 saturated carbocycles. The molecule has 1 atom stereocenters. The van der Waals surface area contributed by atoms with E-state index in [2.05, 4.69) is 0 Å². The Morgan fingerprint density at radius 2 is 1.86 bits per heavy atom. The normalized spacial score (nSPS) is 13.2. The van der Waals surface area contributed by atoms with Crippen LogP contribution < -0.4 is 4.74 Å². The SMILES string of the molecule is CCOC(=O)C(C)(Cc1cccc(O)c1)Oc1ccccc1. The Labute approximate surface area is 130 Å². The molecule has 1 unspecified atom stereocenters. The number of benzene rings is 2. The van der Waals surface area contributed by atoms with Crippen molar-refractivity contribution in [3.05, 3.63) is 60.2 Å². The van der Waals surface area contributed by atoms with E-state index < -0.39 is 11.6 Å². The minimum absolute atomic E-state index is 0.156. The van der Waals surface area contributed by atoms with Crippen molar-refractivity contribution >= 4 is 5.97 Å². The summed E-state index contributed by atoms with van der Waals surface area (Å²) in [4.78, 5) is 12.3. The van der Waals surface area contributed by atoms with Gasteiger partial charge in [-0.3, -0.25) is 0 Å². The third kappa shape index (κ3) is 4.01. The molecule has 0 amide bonds. The van der Waals surface area contributed by atoms with Gasteiger partial charge in [0.25, 0.3) is 0 Å². The van der Waals surface area contributed by atoms with Gasteiger partial charge in [-0.2, -0.15) is 0 Å². The second kappa shape index (κ2) is 6.98. The van der Waals surface area contributed by atoms with E-state index in [9.17, 15) is 9.90 Å². The number of para-hydroxylation sites is 1. The van der Waals surface area contributed by atoms with Crippen LogP contribution in [0.25, 0.3) is 0 Å². The van der Waals surface area contributed by atoms with Crippen molar-refractivity contribution in [2.24, 2.45) is 0 Å². The molecule has 0 aliphatic rings. The average molecular weight is 300 g/mol. The lowest BCUT2D eigenvalue weighted by Gasteiger charge is -2.28. The van der Waals surface area contributed by atoms with Crippen molar-refractivity contribution in [3.63, 3.8) is 0 Å². The Balaban J connectivity index is 2.26. The highest BCUT2D eigenvalue weighted by atomic mass is 16.6. The topological polar surface area (TPSA) is 55.8 Å². The molecule has 22 heavy (non-hydrogen) atoms. The van der Waals surface area contributed by atoms with Crippen molar-refractivity contribution in [1.82, 2.24) is 0 Å². The van der Waals surface area contributed by atoms with Crippen molar-refractivity contribution < 1.29 is 19.4 Å². The number of hydrogen-bond acceptors (Lipinski definition) is 4. The van der Waals surface area contributed by atoms with Crippen LogP contribution in [0.4, 0.5) is 0 Å². The molecule has 0 aliphatic carbocycles. The van der Waals surface area contributed by atoms with E-state index in [1.165, 1.54) is 0 Å².